The maximum atomic E-state index is 11.1. The highest BCUT2D eigenvalue weighted by molar-refractivity contribution is 5.53. The normalized spacial score (nSPS) is 10.1. The highest BCUT2D eigenvalue weighted by Gasteiger charge is 1.98. The lowest BCUT2D eigenvalue weighted by Gasteiger charge is -2.00. The van der Waals surface area contributed by atoms with Crippen molar-refractivity contribution < 1.29 is 0 Å². The second-order valence-corrected chi connectivity index (χ2v) is 3.09. The minimum Gasteiger partial charge on any atom is -0.321 e. The molecule has 0 aromatic carbocycles. The Morgan fingerprint density at radius 1 is 1.14 bits per heavy atom. The van der Waals surface area contributed by atoms with Crippen molar-refractivity contribution in [2.24, 2.45) is 0 Å². The highest BCUT2D eigenvalue weighted by Crippen LogP contribution is 2.11. The van der Waals surface area contributed by atoms with E-state index in [0.717, 1.165) is 17.1 Å². The molecule has 2 aromatic rings. The van der Waals surface area contributed by atoms with Crippen LogP contribution in [0, 0.1) is 6.92 Å². The van der Waals surface area contributed by atoms with Crippen LogP contribution in [0.25, 0.3) is 11.4 Å². The average Bonchev–Trinajstić information content (AvgIpc) is 2.18. The number of hydrogen-bond acceptors (Lipinski definition) is 2. The van der Waals surface area contributed by atoms with Gasteiger partial charge in [-0.1, -0.05) is 12.1 Å². The van der Waals surface area contributed by atoms with E-state index in [9.17, 15) is 4.79 Å². The molecule has 1 N–H and O–H groups in total. The summed E-state index contributed by atoms with van der Waals surface area (Å²) >= 11 is 0. The fourth-order valence-corrected chi connectivity index (χ4v) is 1.29. The number of nitrogens with one attached hydrogen (secondary N) is 1. The largest absolute Gasteiger partial charge is 0.321 e. The van der Waals surface area contributed by atoms with E-state index < -0.39 is 0 Å². The van der Waals surface area contributed by atoms with Crippen LogP contribution < -0.4 is 5.56 Å². The Labute approximate surface area is 81.5 Å². The number of pyridine rings is 2. The molecule has 0 atom stereocenters. The molecular formula is C11H10N2O. The Morgan fingerprint density at radius 2 is 1.93 bits per heavy atom. The molecule has 0 aliphatic rings. The number of nitrogens with zero attached hydrogens (tertiary/aromatic N) is 1. The van der Waals surface area contributed by atoms with Gasteiger partial charge in [-0.15, -0.1) is 0 Å². The molecule has 70 valence electrons. The molecule has 0 unspecified atom stereocenters. The van der Waals surface area contributed by atoms with Crippen LogP contribution in [0.5, 0.6) is 0 Å². The van der Waals surface area contributed by atoms with Gasteiger partial charge >= 0.3 is 0 Å². The molecule has 0 saturated carbocycles. The maximum absolute atomic E-state index is 11.1. The average molecular weight is 186 g/mol. The molecule has 3 nitrogen and oxygen atoms in total. The van der Waals surface area contributed by atoms with Crippen LogP contribution >= 0.6 is 0 Å². The predicted molar refractivity (Wildman–Crippen MR) is 55.0 cm³/mol. The van der Waals surface area contributed by atoms with E-state index in [0.29, 0.717) is 0 Å². The molecule has 0 bridgehead atoms. The van der Waals surface area contributed by atoms with E-state index in [-0.39, 0.29) is 5.56 Å². The predicted octanol–water partition coefficient (Wildman–Crippen LogP) is 1.75. The van der Waals surface area contributed by atoms with Gasteiger partial charge in [0.05, 0.1) is 11.4 Å². The third kappa shape index (κ3) is 1.71. The fourth-order valence-electron chi connectivity index (χ4n) is 1.29. The first-order valence-electron chi connectivity index (χ1n) is 4.39. The summed E-state index contributed by atoms with van der Waals surface area (Å²) in [5.74, 6) is 0. The van der Waals surface area contributed by atoms with Crippen molar-refractivity contribution in [2.45, 2.75) is 6.92 Å². The molecule has 0 amide bonds. The van der Waals surface area contributed by atoms with Crippen molar-refractivity contribution in [3.63, 3.8) is 0 Å². The minimum absolute atomic E-state index is 0.106. The van der Waals surface area contributed by atoms with Gasteiger partial charge in [0.2, 0.25) is 5.56 Å². The Hall–Kier alpha value is -1.90. The quantitative estimate of drug-likeness (QED) is 0.737. The maximum Gasteiger partial charge on any atom is 0.248 e. The van der Waals surface area contributed by atoms with Crippen molar-refractivity contribution in [2.75, 3.05) is 0 Å². The van der Waals surface area contributed by atoms with Gasteiger partial charge in [-0.05, 0) is 25.1 Å². The molecule has 0 radical (unpaired) electrons. The topological polar surface area (TPSA) is 45.8 Å². The molecule has 2 rings (SSSR count). The smallest absolute Gasteiger partial charge is 0.248 e. The summed E-state index contributed by atoms with van der Waals surface area (Å²) in [5, 5.41) is 0. The van der Waals surface area contributed by atoms with Gasteiger partial charge in [0.1, 0.15) is 0 Å². The zero-order valence-electron chi connectivity index (χ0n) is 7.82. The first-order chi connectivity index (χ1) is 6.75. The van der Waals surface area contributed by atoms with Gasteiger partial charge in [-0.25, -0.2) is 0 Å². The van der Waals surface area contributed by atoms with E-state index in [1.54, 1.807) is 6.07 Å². The second-order valence-electron chi connectivity index (χ2n) is 3.09. The molecule has 0 aliphatic carbocycles. The number of aromatic nitrogens is 2. The summed E-state index contributed by atoms with van der Waals surface area (Å²) in [6.07, 6.45) is 0. The van der Waals surface area contributed by atoms with Crippen molar-refractivity contribution >= 4 is 0 Å². The van der Waals surface area contributed by atoms with Crippen molar-refractivity contribution in [3.05, 3.63) is 52.4 Å². The first-order valence-corrected chi connectivity index (χ1v) is 4.39. The number of hydrogen-bond donors (Lipinski definition) is 1. The molecule has 0 aliphatic heterocycles. The van der Waals surface area contributed by atoms with Gasteiger partial charge in [-0.2, -0.15) is 0 Å². The van der Waals surface area contributed by atoms with Crippen molar-refractivity contribution in [1.82, 2.24) is 9.97 Å². The lowest BCUT2D eigenvalue weighted by Crippen LogP contribution is -2.04. The SMILES string of the molecule is Cc1cccc(-c2cccc(=O)[nH]2)n1. The molecule has 0 fully saturated rings. The van der Waals surface area contributed by atoms with Crippen LogP contribution in [0.15, 0.2) is 41.2 Å². The summed E-state index contributed by atoms with van der Waals surface area (Å²) in [7, 11) is 0. The van der Waals surface area contributed by atoms with Crippen LogP contribution in [0.3, 0.4) is 0 Å². The minimum atomic E-state index is -0.106. The molecule has 0 saturated heterocycles. The molecule has 0 spiro atoms. The molecular weight excluding hydrogens is 176 g/mol. The van der Waals surface area contributed by atoms with Crippen molar-refractivity contribution in [3.8, 4) is 11.4 Å². The summed E-state index contributed by atoms with van der Waals surface area (Å²) in [6.45, 7) is 1.92. The summed E-state index contributed by atoms with van der Waals surface area (Å²) in [6, 6.07) is 10.8. The van der Waals surface area contributed by atoms with Gasteiger partial charge in [0, 0.05) is 11.8 Å². The van der Waals surface area contributed by atoms with Crippen molar-refractivity contribution in [1.29, 1.82) is 0 Å². The van der Waals surface area contributed by atoms with E-state index in [2.05, 4.69) is 9.97 Å². The molecule has 2 heterocycles. The van der Waals surface area contributed by atoms with Crippen LogP contribution in [0.4, 0.5) is 0 Å². The lowest BCUT2D eigenvalue weighted by molar-refractivity contribution is 1.16. The van der Waals surface area contributed by atoms with Crippen LogP contribution in [0.1, 0.15) is 5.69 Å². The zero-order chi connectivity index (χ0) is 9.97. The molecule has 2 aromatic heterocycles. The van der Waals surface area contributed by atoms with E-state index >= 15 is 0 Å². The van der Waals surface area contributed by atoms with E-state index in [1.807, 2.05) is 31.2 Å². The Bertz CT molecular complexity index is 502. The zero-order valence-corrected chi connectivity index (χ0v) is 7.82. The van der Waals surface area contributed by atoms with E-state index in [1.165, 1.54) is 6.07 Å². The summed E-state index contributed by atoms with van der Waals surface area (Å²) in [5.41, 5.74) is 2.38. The number of rotatable bonds is 1. The lowest BCUT2D eigenvalue weighted by atomic mass is 10.2. The molecule has 3 heteroatoms. The standard InChI is InChI=1S/C11H10N2O/c1-8-4-2-5-9(12-8)10-6-3-7-11(14)13-10/h2-7H,1H3,(H,13,14). The number of H-pyrrole nitrogens is 1. The van der Waals surface area contributed by atoms with E-state index in [4.69, 9.17) is 0 Å². The van der Waals surface area contributed by atoms with Gasteiger partial charge < -0.3 is 4.98 Å². The highest BCUT2D eigenvalue weighted by atomic mass is 16.1. The number of aromatic amines is 1. The Kier molecular flexibility index (Phi) is 2.14. The van der Waals surface area contributed by atoms with Gasteiger partial charge in [-0.3, -0.25) is 9.78 Å². The second kappa shape index (κ2) is 3.46. The van der Waals surface area contributed by atoms with Crippen LogP contribution in [-0.2, 0) is 0 Å². The van der Waals surface area contributed by atoms with Gasteiger partial charge in [0.15, 0.2) is 0 Å². The van der Waals surface area contributed by atoms with Gasteiger partial charge in [0.25, 0.3) is 0 Å². The fraction of sp³-hybridized carbons (Fsp3) is 0.0909. The Balaban J connectivity index is 2.55. The molecule has 14 heavy (non-hydrogen) atoms. The van der Waals surface area contributed by atoms with Crippen LogP contribution in [-0.4, -0.2) is 9.97 Å². The number of aryl methyl sites for hydroxylation is 1. The Morgan fingerprint density at radius 3 is 2.64 bits per heavy atom. The van der Waals surface area contributed by atoms with Crippen LogP contribution in [0.2, 0.25) is 0 Å². The summed E-state index contributed by atoms with van der Waals surface area (Å²) < 4.78 is 0. The monoisotopic (exact) mass is 186 g/mol. The first kappa shape index (κ1) is 8.69. The third-order valence-electron chi connectivity index (χ3n) is 1.93. The third-order valence-corrected chi connectivity index (χ3v) is 1.93. The summed E-state index contributed by atoms with van der Waals surface area (Å²) in [4.78, 5) is 18.1.